The number of nitrogens with one attached hydrogen (secondary N) is 3. The molecule has 11 heteroatoms. The molecule has 0 saturated carbocycles. The summed E-state index contributed by atoms with van der Waals surface area (Å²) in [5, 5.41) is 9.57. The second kappa shape index (κ2) is 17.4. The number of pyridine rings is 2. The minimum Gasteiger partial charge on any atom is -0.356 e. The summed E-state index contributed by atoms with van der Waals surface area (Å²) in [6.07, 6.45) is 9.95. The number of carbonyl (C=O) groups is 2. The fourth-order valence-corrected chi connectivity index (χ4v) is 6.41. The van der Waals surface area contributed by atoms with Crippen molar-refractivity contribution in [1.82, 2.24) is 30.8 Å². The molecule has 4 N–H and O–H groups in total. The summed E-state index contributed by atoms with van der Waals surface area (Å²) >= 11 is 1.93. The monoisotopic (exact) mass is 590 g/mol. The maximum atomic E-state index is 12.3. The maximum absolute atomic E-state index is 12.3. The molecular formula is C27H39CuN6O3S. The summed E-state index contributed by atoms with van der Waals surface area (Å²) in [6.45, 7) is 3.51. The molecule has 3 atom stereocenters. The zero-order valence-corrected chi connectivity index (χ0v) is 23.4. The summed E-state index contributed by atoms with van der Waals surface area (Å²) in [7, 11) is 0. The third-order valence-corrected chi connectivity index (χ3v) is 8.38. The van der Waals surface area contributed by atoms with Crippen LogP contribution in [0.1, 0.15) is 43.5 Å². The van der Waals surface area contributed by atoms with E-state index < -0.39 is 0 Å². The molecule has 3 amide bonds. The summed E-state index contributed by atoms with van der Waals surface area (Å²) < 4.78 is 0. The van der Waals surface area contributed by atoms with E-state index in [1.165, 1.54) is 0 Å². The predicted octanol–water partition coefficient (Wildman–Crippen LogP) is 2.62. The summed E-state index contributed by atoms with van der Waals surface area (Å²) in [4.78, 5) is 35.2. The molecule has 0 bridgehead atoms. The minimum atomic E-state index is -0.0401. The maximum Gasteiger partial charge on any atom is 0.315 e. The largest absolute Gasteiger partial charge is 0.356 e. The Kier molecular flexibility index (Phi) is 14.7. The molecule has 2 saturated heterocycles. The van der Waals surface area contributed by atoms with E-state index in [1.54, 1.807) is 0 Å². The molecule has 4 heterocycles. The Morgan fingerprint density at radius 1 is 0.974 bits per heavy atom. The smallest absolute Gasteiger partial charge is 0.315 e. The second-order valence-corrected chi connectivity index (χ2v) is 10.8. The zero-order chi connectivity index (χ0) is 25.0. The van der Waals surface area contributed by atoms with Gasteiger partial charge in [0, 0.05) is 90.7 Å². The van der Waals surface area contributed by atoms with Crippen molar-refractivity contribution in [3.8, 4) is 0 Å². The standard InChI is InChI=1S/C27H38N6O2S.Cu.HO/c34-25(11-2-1-10-24-26-23(20-36-24)31-27(35)32-26)30-16-7-17-33(18-12-21-8-3-5-14-28-21)19-13-22-9-4-6-15-29-22;;/h3-6,8-9,14-15,23-24,26H,1-2,7,10-13,16-20H2,(H,30,34)(H2,31,32,35);;1H/t23-,24-,26-;;/m0../s1. The third kappa shape index (κ3) is 10.5. The molecule has 2 aliphatic rings. The van der Waals surface area contributed by atoms with Gasteiger partial charge >= 0.3 is 6.03 Å². The number of amides is 3. The van der Waals surface area contributed by atoms with E-state index in [-0.39, 0.29) is 46.6 Å². The Morgan fingerprint density at radius 3 is 2.29 bits per heavy atom. The third-order valence-electron chi connectivity index (χ3n) is 6.87. The van der Waals surface area contributed by atoms with E-state index in [0.29, 0.717) is 18.2 Å². The van der Waals surface area contributed by atoms with E-state index in [2.05, 4.69) is 43.0 Å². The van der Waals surface area contributed by atoms with Gasteiger partial charge in [-0.25, -0.2) is 4.79 Å². The van der Waals surface area contributed by atoms with Gasteiger partial charge in [0.25, 0.3) is 0 Å². The molecule has 0 unspecified atom stereocenters. The predicted molar refractivity (Wildman–Crippen MR) is 146 cm³/mol. The van der Waals surface area contributed by atoms with Crippen molar-refractivity contribution in [3.63, 3.8) is 0 Å². The Hall–Kier alpha value is -2.17. The van der Waals surface area contributed by atoms with Gasteiger partial charge in [0.05, 0.1) is 12.1 Å². The molecule has 38 heavy (non-hydrogen) atoms. The van der Waals surface area contributed by atoms with Gasteiger partial charge in [0.15, 0.2) is 0 Å². The van der Waals surface area contributed by atoms with E-state index in [9.17, 15) is 9.59 Å². The number of thioether (sulfide) groups is 1. The van der Waals surface area contributed by atoms with Gasteiger partial charge in [0.1, 0.15) is 0 Å². The number of rotatable bonds is 15. The van der Waals surface area contributed by atoms with Crippen LogP contribution < -0.4 is 16.0 Å². The van der Waals surface area contributed by atoms with Crippen LogP contribution in [0.25, 0.3) is 0 Å². The van der Waals surface area contributed by atoms with Crippen LogP contribution in [-0.2, 0) is 34.7 Å². The molecule has 2 aliphatic heterocycles. The molecule has 212 valence electrons. The molecule has 2 aromatic rings. The van der Waals surface area contributed by atoms with E-state index in [0.717, 1.165) is 75.3 Å². The van der Waals surface area contributed by atoms with Crippen LogP contribution >= 0.6 is 11.8 Å². The van der Waals surface area contributed by atoms with Crippen LogP contribution in [0.15, 0.2) is 48.8 Å². The van der Waals surface area contributed by atoms with Crippen LogP contribution in [0.5, 0.6) is 0 Å². The fourth-order valence-electron chi connectivity index (χ4n) is 4.87. The van der Waals surface area contributed by atoms with Crippen molar-refractivity contribution < 1.29 is 32.1 Å². The van der Waals surface area contributed by atoms with Crippen LogP contribution in [0.4, 0.5) is 4.79 Å². The van der Waals surface area contributed by atoms with Crippen molar-refractivity contribution in [1.29, 1.82) is 0 Å². The van der Waals surface area contributed by atoms with Crippen molar-refractivity contribution in [2.24, 2.45) is 0 Å². The minimum absolute atomic E-state index is 0. The average molecular weight is 591 g/mol. The summed E-state index contributed by atoms with van der Waals surface area (Å²) in [6, 6.07) is 12.6. The van der Waals surface area contributed by atoms with Crippen LogP contribution in [0.2, 0.25) is 0 Å². The van der Waals surface area contributed by atoms with Gasteiger partial charge in [-0.15, -0.1) is 0 Å². The van der Waals surface area contributed by atoms with Gasteiger partial charge in [-0.05, 0) is 50.1 Å². The molecule has 4 rings (SSSR count). The SMILES string of the molecule is O=C(CCCC[C@@H]1SC[C@@H]2NC(=O)N[C@@H]21)NCCCN(CCc1ccccn1)CCc1ccccn1.[Cu].[OH]. The number of carbonyl (C=O) groups excluding carboxylic acids is 2. The number of unbranched alkanes of at least 4 members (excludes halogenated alkanes) is 1. The molecule has 0 aromatic carbocycles. The van der Waals surface area contributed by atoms with Gasteiger partial charge in [-0.3, -0.25) is 20.2 Å². The van der Waals surface area contributed by atoms with Crippen molar-refractivity contribution in [2.75, 3.05) is 31.9 Å². The molecule has 0 aliphatic carbocycles. The first-order chi connectivity index (χ1) is 17.7. The first kappa shape index (κ1) is 32.0. The summed E-state index contributed by atoms with van der Waals surface area (Å²) in [5.41, 5.74) is 2.21. The fraction of sp³-hybridized carbons (Fsp3) is 0.556. The van der Waals surface area contributed by atoms with E-state index >= 15 is 0 Å². The van der Waals surface area contributed by atoms with E-state index in [4.69, 9.17) is 0 Å². The van der Waals surface area contributed by atoms with Gasteiger partial charge in [-0.1, -0.05) is 18.6 Å². The Labute approximate surface area is 240 Å². The van der Waals surface area contributed by atoms with Crippen molar-refractivity contribution >= 4 is 23.7 Å². The number of fused-ring (bicyclic) bond motifs is 1. The molecule has 2 fully saturated rings. The number of hydrogen-bond donors (Lipinski definition) is 4. The number of aromatic nitrogens is 2. The average Bonchev–Trinajstić information content (AvgIpc) is 3.46. The molecule has 2 aromatic heterocycles. The molecule has 0 spiro atoms. The molecular weight excluding hydrogens is 552 g/mol. The topological polar surface area (TPSA) is 129 Å². The van der Waals surface area contributed by atoms with Crippen molar-refractivity contribution in [3.05, 3.63) is 60.2 Å². The molecule has 2 radical (unpaired) electrons. The molecule has 9 nitrogen and oxygen atoms in total. The summed E-state index contributed by atoms with van der Waals surface area (Å²) in [5.74, 6) is 1.12. The number of urea groups is 1. The Morgan fingerprint density at radius 2 is 1.66 bits per heavy atom. The zero-order valence-electron chi connectivity index (χ0n) is 21.7. The van der Waals surface area contributed by atoms with Crippen LogP contribution in [-0.4, -0.2) is 81.5 Å². The number of hydrogen-bond acceptors (Lipinski definition) is 6. The van der Waals surface area contributed by atoms with Gasteiger partial charge < -0.3 is 20.9 Å². The normalized spacial score (nSPS) is 19.6. The van der Waals surface area contributed by atoms with Gasteiger partial charge in [0.2, 0.25) is 5.91 Å². The second-order valence-electron chi connectivity index (χ2n) is 9.55. The Balaban J connectivity index is 0.00000253. The van der Waals surface area contributed by atoms with E-state index in [1.807, 2.05) is 48.4 Å². The first-order valence-corrected chi connectivity index (χ1v) is 14.2. The Bertz CT molecular complexity index is 915. The number of nitrogens with zero attached hydrogens (tertiary/aromatic N) is 3. The first-order valence-electron chi connectivity index (χ1n) is 13.1. The quantitative estimate of drug-likeness (QED) is 0.143. The van der Waals surface area contributed by atoms with Crippen molar-refractivity contribution in [2.45, 2.75) is 62.3 Å². The van der Waals surface area contributed by atoms with Gasteiger partial charge in [-0.2, -0.15) is 11.8 Å². The van der Waals surface area contributed by atoms with Crippen LogP contribution in [0.3, 0.4) is 0 Å². The van der Waals surface area contributed by atoms with Crippen LogP contribution in [0, 0.1) is 0 Å².